The Morgan fingerprint density at radius 3 is 2.69 bits per heavy atom. The summed E-state index contributed by atoms with van der Waals surface area (Å²) in [5, 5.41) is 21.5. The van der Waals surface area contributed by atoms with E-state index in [2.05, 4.69) is 20.6 Å². The number of aliphatic hydroxyl groups excluding tert-OH is 1. The first-order valence-electron chi connectivity index (χ1n) is 17.2. The molecule has 2 aliphatic carbocycles. The third-order valence-electron chi connectivity index (χ3n) is 10.1. The number of carbonyl (C=O) groups is 1. The van der Waals surface area contributed by atoms with Crippen LogP contribution in [0, 0.1) is 24.7 Å². The SMILES string of the molecule is Cc1nc(COc2ccc(C[C@H](NC(=O)OC3C4COC5OCC3C5C4)[C@H](O)CN(C)S(=O)(=O)c3ccc4nc(NC5CC5)sc4c3)cc2)cs1. The van der Waals surface area contributed by atoms with E-state index in [1.54, 1.807) is 23.5 Å². The van der Waals surface area contributed by atoms with Crippen molar-refractivity contribution in [2.24, 2.45) is 17.8 Å². The van der Waals surface area contributed by atoms with Crippen LogP contribution in [0.1, 0.15) is 35.5 Å². The van der Waals surface area contributed by atoms with Gasteiger partial charge in [-0.3, -0.25) is 0 Å². The van der Waals surface area contributed by atoms with Crippen molar-refractivity contribution in [3.05, 3.63) is 64.1 Å². The first-order valence-corrected chi connectivity index (χ1v) is 20.4. The molecule has 0 radical (unpaired) electrons. The Balaban J connectivity index is 0.960. The van der Waals surface area contributed by atoms with Crippen LogP contribution < -0.4 is 15.4 Å². The number of aryl methyl sites for hydroxylation is 1. The average molecular weight is 756 g/mol. The van der Waals surface area contributed by atoms with Crippen LogP contribution in [0.25, 0.3) is 10.2 Å². The molecule has 7 atom stereocenters. The second-order valence-corrected chi connectivity index (χ2v) is 18.0. The van der Waals surface area contributed by atoms with Gasteiger partial charge in [-0.05, 0) is 68.5 Å². The van der Waals surface area contributed by atoms with Crippen molar-refractivity contribution in [2.75, 3.05) is 32.1 Å². The Hall–Kier alpha value is -3.38. The Bertz CT molecular complexity index is 1980. The maximum atomic E-state index is 13.8. The van der Waals surface area contributed by atoms with Crippen molar-refractivity contribution in [3.63, 3.8) is 0 Å². The lowest BCUT2D eigenvalue weighted by Crippen LogP contribution is -2.51. The van der Waals surface area contributed by atoms with Crippen LogP contribution in [0.2, 0.25) is 0 Å². The number of nitrogens with one attached hydrogen (secondary N) is 2. The quantitative estimate of drug-likeness (QED) is 0.166. The van der Waals surface area contributed by atoms with Crippen LogP contribution in [0.3, 0.4) is 0 Å². The zero-order chi connectivity index (χ0) is 35.3. The van der Waals surface area contributed by atoms with Crippen LogP contribution in [0.5, 0.6) is 5.75 Å². The van der Waals surface area contributed by atoms with Gasteiger partial charge >= 0.3 is 6.09 Å². The van der Waals surface area contributed by atoms with Crippen LogP contribution in [0.4, 0.5) is 9.93 Å². The number of thiazole rings is 2. The summed E-state index contributed by atoms with van der Waals surface area (Å²) in [5.41, 5.74) is 2.39. The molecule has 1 amide bonds. The lowest BCUT2D eigenvalue weighted by Gasteiger charge is -2.30. The molecule has 13 nitrogen and oxygen atoms in total. The number of alkyl carbamates (subject to hydrolysis) is 1. The van der Waals surface area contributed by atoms with Gasteiger partial charge < -0.3 is 34.7 Å². The number of ether oxygens (including phenoxy) is 4. The maximum Gasteiger partial charge on any atom is 0.407 e. The van der Waals surface area contributed by atoms with E-state index >= 15 is 0 Å². The van der Waals surface area contributed by atoms with E-state index in [-0.39, 0.29) is 48.0 Å². The first-order chi connectivity index (χ1) is 24.6. The Morgan fingerprint density at radius 2 is 1.92 bits per heavy atom. The number of carbonyl (C=O) groups excluding carboxylic acids is 1. The predicted molar refractivity (Wildman–Crippen MR) is 191 cm³/mol. The summed E-state index contributed by atoms with van der Waals surface area (Å²) in [6.07, 6.45) is 0.765. The van der Waals surface area contributed by atoms with E-state index in [1.807, 2.05) is 36.6 Å². The highest BCUT2D eigenvalue weighted by Gasteiger charge is 2.56. The van der Waals surface area contributed by atoms with Crippen molar-refractivity contribution in [2.45, 2.75) is 74.7 Å². The summed E-state index contributed by atoms with van der Waals surface area (Å²) in [6.45, 7) is 2.96. The van der Waals surface area contributed by atoms with Gasteiger partial charge in [0.05, 0.1) is 51.2 Å². The van der Waals surface area contributed by atoms with Gasteiger partial charge in [0.15, 0.2) is 11.4 Å². The lowest BCUT2D eigenvalue weighted by molar-refractivity contribution is -0.169. The summed E-state index contributed by atoms with van der Waals surface area (Å²) in [5.74, 6) is 1.000. The Morgan fingerprint density at radius 1 is 1.12 bits per heavy atom. The molecule has 4 heterocycles. The molecule has 4 aliphatic rings. The van der Waals surface area contributed by atoms with Gasteiger partial charge in [0.2, 0.25) is 10.0 Å². The molecule has 2 saturated heterocycles. The van der Waals surface area contributed by atoms with E-state index < -0.39 is 28.3 Å². The topological polar surface area (TPSA) is 161 Å². The van der Waals surface area contributed by atoms with E-state index in [4.69, 9.17) is 18.9 Å². The highest BCUT2D eigenvalue weighted by molar-refractivity contribution is 7.89. The number of hydrogen-bond donors (Lipinski definition) is 3. The number of fused-ring (bicyclic) bond motifs is 2. The van der Waals surface area contributed by atoms with Crippen molar-refractivity contribution < 1.29 is 37.3 Å². The second kappa shape index (κ2) is 14.2. The summed E-state index contributed by atoms with van der Waals surface area (Å²) >= 11 is 2.98. The number of rotatable bonds is 14. The highest BCUT2D eigenvalue weighted by atomic mass is 32.2. The van der Waals surface area contributed by atoms with Crippen molar-refractivity contribution >= 4 is 54.1 Å². The number of likely N-dealkylation sites (N-methyl/N-ethyl adjacent to an activating group) is 1. The molecule has 3 N–H and O–H groups in total. The highest BCUT2D eigenvalue weighted by Crippen LogP contribution is 2.49. The molecule has 2 aromatic heterocycles. The average Bonchev–Trinajstić information content (AvgIpc) is 3.39. The molecule has 8 rings (SSSR count). The summed E-state index contributed by atoms with van der Waals surface area (Å²) in [6, 6.07) is 11.8. The van der Waals surface area contributed by atoms with Gasteiger partial charge in [0, 0.05) is 42.8 Å². The van der Waals surface area contributed by atoms with Crippen LogP contribution in [-0.4, -0.2) is 91.3 Å². The normalized spacial score (nSPS) is 25.2. The van der Waals surface area contributed by atoms with Gasteiger partial charge in [-0.25, -0.2) is 23.2 Å². The Labute approximate surface area is 304 Å². The minimum atomic E-state index is -3.99. The summed E-state index contributed by atoms with van der Waals surface area (Å²) in [4.78, 5) is 22.6. The van der Waals surface area contributed by atoms with E-state index in [1.165, 1.54) is 24.5 Å². The van der Waals surface area contributed by atoms with Crippen molar-refractivity contribution in [3.8, 4) is 5.75 Å². The molecule has 4 fully saturated rings. The van der Waals surface area contributed by atoms with Gasteiger partial charge in [-0.1, -0.05) is 23.5 Å². The standard InChI is InChI=1S/C35H41N5O8S3/c1-19-36-23(18-49-19)16-45-24-7-3-20(4-8-24)11-29(39-35(42)48-32-21-12-26-27(32)17-47-33(26)46-15-21)30(41)14-40(2)51(43,44)25-9-10-28-31(13-25)50-34(38-28)37-22-5-6-22/h3-4,7-10,13,18,21-22,26-27,29-30,32-33,41H,5-6,11-12,14-17H2,1-2H3,(H,37,38)(H,39,42)/t21?,26?,27?,29-,30+,32?,33?/m0/s1. The largest absolute Gasteiger partial charge is 0.487 e. The van der Waals surface area contributed by atoms with Crippen LogP contribution in [-0.2, 0) is 37.3 Å². The van der Waals surface area contributed by atoms with Crippen LogP contribution in [0.15, 0.2) is 52.7 Å². The second-order valence-electron chi connectivity index (χ2n) is 13.9. The number of benzene rings is 2. The summed E-state index contributed by atoms with van der Waals surface area (Å²) in [7, 11) is -2.56. The lowest BCUT2D eigenvalue weighted by atomic mass is 9.98. The van der Waals surface area contributed by atoms with Crippen molar-refractivity contribution in [1.82, 2.24) is 19.6 Å². The molecule has 5 unspecified atom stereocenters. The molecule has 0 spiro atoms. The fourth-order valence-corrected chi connectivity index (χ4v) is 10.1. The molecule has 2 bridgehead atoms. The molecular weight excluding hydrogens is 715 g/mol. The molecule has 4 aromatic rings. The molecule has 16 heteroatoms. The summed E-state index contributed by atoms with van der Waals surface area (Å²) < 4.78 is 52.9. The molecule has 2 saturated carbocycles. The number of nitrogens with zero attached hydrogens (tertiary/aromatic N) is 3. The predicted octanol–water partition coefficient (Wildman–Crippen LogP) is 4.54. The molecule has 51 heavy (non-hydrogen) atoms. The van der Waals surface area contributed by atoms with E-state index in [0.29, 0.717) is 31.6 Å². The van der Waals surface area contributed by atoms with Crippen LogP contribution >= 0.6 is 22.7 Å². The van der Waals surface area contributed by atoms with E-state index in [9.17, 15) is 18.3 Å². The van der Waals surface area contributed by atoms with E-state index in [0.717, 1.165) is 55.2 Å². The monoisotopic (exact) mass is 755 g/mol. The van der Waals surface area contributed by atoms with Gasteiger partial charge in [-0.2, -0.15) is 4.31 Å². The number of anilines is 1. The third-order valence-corrected chi connectivity index (χ3v) is 13.7. The maximum absolute atomic E-state index is 13.8. The molecular formula is C35H41N5O8S3. The van der Waals surface area contributed by atoms with Gasteiger partial charge in [0.25, 0.3) is 0 Å². The minimum Gasteiger partial charge on any atom is -0.487 e. The van der Waals surface area contributed by atoms with Gasteiger partial charge in [-0.15, -0.1) is 11.3 Å². The first kappa shape index (κ1) is 34.7. The number of aliphatic hydroxyl groups is 1. The molecule has 2 aromatic carbocycles. The number of aromatic nitrogens is 2. The number of hydrogen-bond acceptors (Lipinski definition) is 13. The van der Waals surface area contributed by atoms with Crippen molar-refractivity contribution in [1.29, 1.82) is 0 Å². The fraction of sp³-hybridized carbons (Fsp3) is 0.514. The molecule has 272 valence electrons. The number of sulfonamides is 1. The number of amides is 1. The molecule has 2 aliphatic heterocycles. The van der Waals surface area contributed by atoms with Gasteiger partial charge in [0.1, 0.15) is 18.5 Å². The minimum absolute atomic E-state index is 0.0603. The zero-order valence-electron chi connectivity index (χ0n) is 28.3. The third kappa shape index (κ3) is 7.59. The Kier molecular flexibility index (Phi) is 9.67. The smallest absolute Gasteiger partial charge is 0.407 e. The fourth-order valence-electron chi connectivity index (χ4n) is 7.25. The zero-order valence-corrected chi connectivity index (χ0v) is 30.7.